The zero-order valence-electron chi connectivity index (χ0n) is 12.6. The molecule has 0 spiro atoms. The summed E-state index contributed by atoms with van der Waals surface area (Å²) in [5.41, 5.74) is 1.09. The number of rotatable bonds is 4. The van der Waals surface area contributed by atoms with Crippen LogP contribution in [0.5, 0.6) is 0 Å². The number of hydrogen-bond acceptors (Lipinski definition) is 3. The molecule has 0 aliphatic carbocycles. The molecule has 1 aromatic rings. The van der Waals surface area contributed by atoms with Gasteiger partial charge >= 0.3 is 0 Å². The summed E-state index contributed by atoms with van der Waals surface area (Å²) in [6.07, 6.45) is 0.939. The molecule has 1 saturated heterocycles. The van der Waals surface area contributed by atoms with Gasteiger partial charge in [-0.15, -0.1) is 0 Å². The van der Waals surface area contributed by atoms with Gasteiger partial charge in [0.15, 0.2) is 0 Å². The first-order valence-corrected chi connectivity index (χ1v) is 8.59. The summed E-state index contributed by atoms with van der Waals surface area (Å²) in [6.45, 7) is 6.76. The first-order chi connectivity index (χ1) is 9.36. The molecule has 5 heteroatoms. The largest absolute Gasteiger partial charge is 0.313 e. The molecule has 1 aromatic carbocycles. The summed E-state index contributed by atoms with van der Waals surface area (Å²) in [5, 5.41) is 3.15. The van der Waals surface area contributed by atoms with E-state index in [9.17, 15) is 8.42 Å². The summed E-state index contributed by atoms with van der Waals surface area (Å²) in [7, 11) is -1.47. The third-order valence-electron chi connectivity index (χ3n) is 4.15. The maximum Gasteiger partial charge on any atom is 0.243 e. The molecule has 1 aliphatic rings. The number of sulfonamides is 1. The summed E-state index contributed by atoms with van der Waals surface area (Å²) >= 11 is 0. The Labute approximate surface area is 122 Å². The van der Waals surface area contributed by atoms with Crippen LogP contribution in [0.15, 0.2) is 29.2 Å². The minimum absolute atomic E-state index is 0.0888. The van der Waals surface area contributed by atoms with Gasteiger partial charge in [0, 0.05) is 18.6 Å². The van der Waals surface area contributed by atoms with Crippen LogP contribution < -0.4 is 5.32 Å². The predicted molar refractivity (Wildman–Crippen MR) is 81.1 cm³/mol. The Morgan fingerprint density at radius 2 is 1.85 bits per heavy atom. The average molecular weight is 296 g/mol. The fourth-order valence-corrected chi connectivity index (χ4v) is 4.59. The van der Waals surface area contributed by atoms with E-state index in [0.717, 1.165) is 12.0 Å². The van der Waals surface area contributed by atoms with Crippen LogP contribution in [0.1, 0.15) is 38.8 Å². The van der Waals surface area contributed by atoms with E-state index < -0.39 is 10.0 Å². The average Bonchev–Trinajstić information content (AvgIpc) is 2.77. The first-order valence-electron chi connectivity index (χ1n) is 7.15. The molecular formula is C15H24N2O2S. The third kappa shape index (κ3) is 2.90. The van der Waals surface area contributed by atoms with Crippen molar-refractivity contribution in [2.75, 3.05) is 13.6 Å². The van der Waals surface area contributed by atoms with E-state index in [1.54, 1.807) is 16.4 Å². The van der Waals surface area contributed by atoms with Crippen LogP contribution in [-0.2, 0) is 10.0 Å². The second-order valence-electron chi connectivity index (χ2n) is 5.84. The van der Waals surface area contributed by atoms with E-state index >= 15 is 0 Å². The van der Waals surface area contributed by atoms with Crippen molar-refractivity contribution in [1.29, 1.82) is 0 Å². The Kier molecular flexibility index (Phi) is 4.52. The van der Waals surface area contributed by atoms with Gasteiger partial charge in [-0.3, -0.25) is 0 Å². The zero-order valence-corrected chi connectivity index (χ0v) is 13.4. The number of nitrogens with one attached hydrogen (secondary N) is 1. The number of benzene rings is 1. The molecule has 0 saturated carbocycles. The Morgan fingerprint density at radius 1 is 1.25 bits per heavy atom. The highest BCUT2D eigenvalue weighted by atomic mass is 32.2. The summed E-state index contributed by atoms with van der Waals surface area (Å²) in [4.78, 5) is 0.394. The van der Waals surface area contributed by atoms with Crippen molar-refractivity contribution in [3.63, 3.8) is 0 Å². The van der Waals surface area contributed by atoms with E-state index in [0.29, 0.717) is 17.4 Å². The van der Waals surface area contributed by atoms with E-state index in [1.807, 2.05) is 33.0 Å². The molecule has 1 heterocycles. The molecule has 3 atom stereocenters. The summed E-state index contributed by atoms with van der Waals surface area (Å²) < 4.78 is 26.9. The molecule has 2 rings (SSSR count). The highest BCUT2D eigenvalue weighted by Gasteiger charge is 2.35. The zero-order chi connectivity index (χ0) is 14.9. The van der Waals surface area contributed by atoms with E-state index in [-0.39, 0.29) is 12.1 Å². The lowest BCUT2D eigenvalue weighted by Gasteiger charge is -2.21. The van der Waals surface area contributed by atoms with Gasteiger partial charge in [-0.1, -0.05) is 19.1 Å². The normalized spacial score (nSPS) is 25.8. The lowest BCUT2D eigenvalue weighted by Crippen LogP contribution is -2.34. The van der Waals surface area contributed by atoms with Gasteiger partial charge in [0.1, 0.15) is 0 Å². The van der Waals surface area contributed by atoms with Gasteiger partial charge in [0.25, 0.3) is 0 Å². The molecule has 0 amide bonds. The van der Waals surface area contributed by atoms with Crippen LogP contribution in [0.3, 0.4) is 0 Å². The Morgan fingerprint density at radius 3 is 2.30 bits per heavy atom. The molecule has 1 fully saturated rings. The highest BCUT2D eigenvalue weighted by molar-refractivity contribution is 7.89. The molecule has 3 unspecified atom stereocenters. The first kappa shape index (κ1) is 15.5. The SMILES string of the molecule is CNC(C)c1ccc(S(=O)(=O)N2CC(C)CC2C)cc1. The Hall–Kier alpha value is -0.910. The number of nitrogens with zero attached hydrogens (tertiary/aromatic N) is 1. The smallest absolute Gasteiger partial charge is 0.243 e. The fraction of sp³-hybridized carbons (Fsp3) is 0.600. The molecular weight excluding hydrogens is 272 g/mol. The van der Waals surface area contributed by atoms with Gasteiger partial charge in [-0.25, -0.2) is 8.42 Å². The van der Waals surface area contributed by atoms with Gasteiger partial charge in [0.2, 0.25) is 10.0 Å². The van der Waals surface area contributed by atoms with Crippen molar-refractivity contribution in [2.24, 2.45) is 5.92 Å². The van der Waals surface area contributed by atoms with Crippen molar-refractivity contribution < 1.29 is 8.42 Å². The summed E-state index contributed by atoms with van der Waals surface area (Å²) in [5.74, 6) is 0.434. The van der Waals surface area contributed by atoms with Crippen LogP contribution in [-0.4, -0.2) is 32.4 Å². The molecule has 0 bridgehead atoms. The maximum absolute atomic E-state index is 12.7. The minimum Gasteiger partial charge on any atom is -0.313 e. The van der Waals surface area contributed by atoms with Crippen molar-refractivity contribution in [3.8, 4) is 0 Å². The standard InChI is InChI=1S/C15H24N2O2S/c1-11-9-12(2)17(10-11)20(18,19)15-7-5-14(6-8-15)13(3)16-4/h5-8,11-13,16H,9-10H2,1-4H3. The van der Waals surface area contributed by atoms with Crippen LogP contribution in [0.2, 0.25) is 0 Å². The number of hydrogen-bond donors (Lipinski definition) is 1. The summed E-state index contributed by atoms with van der Waals surface area (Å²) in [6, 6.07) is 7.52. The van der Waals surface area contributed by atoms with Crippen LogP contribution >= 0.6 is 0 Å². The molecule has 112 valence electrons. The molecule has 0 radical (unpaired) electrons. The van der Waals surface area contributed by atoms with E-state index in [2.05, 4.69) is 12.2 Å². The second-order valence-corrected chi connectivity index (χ2v) is 7.73. The third-order valence-corrected chi connectivity index (χ3v) is 6.14. The van der Waals surface area contributed by atoms with E-state index in [1.165, 1.54) is 0 Å². The predicted octanol–water partition coefficient (Wildman–Crippen LogP) is 2.39. The van der Waals surface area contributed by atoms with Crippen molar-refractivity contribution in [1.82, 2.24) is 9.62 Å². The lowest BCUT2D eigenvalue weighted by atomic mass is 10.1. The lowest BCUT2D eigenvalue weighted by molar-refractivity contribution is 0.405. The van der Waals surface area contributed by atoms with Crippen molar-refractivity contribution in [2.45, 2.75) is 44.2 Å². The van der Waals surface area contributed by atoms with Gasteiger partial charge in [-0.05, 0) is 50.9 Å². The van der Waals surface area contributed by atoms with Gasteiger partial charge in [0.05, 0.1) is 4.90 Å². The second kappa shape index (κ2) is 5.84. The Bertz CT molecular complexity index is 554. The Balaban J connectivity index is 2.26. The van der Waals surface area contributed by atoms with Crippen LogP contribution in [0, 0.1) is 5.92 Å². The fourth-order valence-electron chi connectivity index (χ4n) is 2.83. The molecule has 4 nitrogen and oxygen atoms in total. The van der Waals surface area contributed by atoms with Crippen molar-refractivity contribution in [3.05, 3.63) is 29.8 Å². The van der Waals surface area contributed by atoms with Gasteiger partial charge < -0.3 is 5.32 Å². The van der Waals surface area contributed by atoms with Crippen molar-refractivity contribution >= 4 is 10.0 Å². The quantitative estimate of drug-likeness (QED) is 0.928. The van der Waals surface area contributed by atoms with Crippen LogP contribution in [0.4, 0.5) is 0 Å². The van der Waals surface area contributed by atoms with Gasteiger partial charge in [-0.2, -0.15) is 4.31 Å². The highest BCUT2D eigenvalue weighted by Crippen LogP contribution is 2.29. The topological polar surface area (TPSA) is 49.4 Å². The molecule has 1 aliphatic heterocycles. The van der Waals surface area contributed by atoms with E-state index in [4.69, 9.17) is 0 Å². The minimum atomic E-state index is -3.36. The molecule has 0 aromatic heterocycles. The monoisotopic (exact) mass is 296 g/mol. The molecule has 20 heavy (non-hydrogen) atoms. The van der Waals surface area contributed by atoms with Crippen LogP contribution in [0.25, 0.3) is 0 Å². The molecule has 1 N–H and O–H groups in total. The maximum atomic E-state index is 12.7.